The molecule has 0 saturated carbocycles. The molecule has 0 aliphatic carbocycles. The SMILES string of the molecule is CC1(c2ccccc2F)CN=C(N)N1c1ccccc1F. The van der Waals surface area contributed by atoms with Crippen LogP contribution in [0.4, 0.5) is 14.5 Å². The second-order valence-electron chi connectivity index (χ2n) is 5.21. The van der Waals surface area contributed by atoms with Crippen LogP contribution in [0.15, 0.2) is 53.5 Å². The van der Waals surface area contributed by atoms with Crippen molar-refractivity contribution in [2.75, 3.05) is 11.4 Å². The minimum absolute atomic E-state index is 0.186. The molecule has 1 atom stereocenters. The smallest absolute Gasteiger partial charge is 0.196 e. The summed E-state index contributed by atoms with van der Waals surface area (Å²) in [5, 5.41) is 0. The van der Waals surface area contributed by atoms with E-state index in [2.05, 4.69) is 4.99 Å². The highest BCUT2D eigenvalue weighted by Gasteiger charge is 2.43. The molecule has 0 saturated heterocycles. The average Bonchev–Trinajstić information content (AvgIpc) is 2.77. The van der Waals surface area contributed by atoms with Crippen LogP contribution in [0.3, 0.4) is 0 Å². The van der Waals surface area contributed by atoms with Crippen molar-refractivity contribution in [3.63, 3.8) is 0 Å². The number of rotatable bonds is 2. The number of para-hydroxylation sites is 1. The molecule has 3 rings (SSSR count). The molecule has 1 aliphatic heterocycles. The number of halogens is 2. The minimum atomic E-state index is -0.850. The summed E-state index contributed by atoms with van der Waals surface area (Å²) in [5.74, 6) is -0.586. The molecule has 108 valence electrons. The lowest BCUT2D eigenvalue weighted by atomic mass is 9.90. The first-order chi connectivity index (χ1) is 10.0. The molecule has 2 aromatic carbocycles. The standard InChI is InChI=1S/C16H15F2N3/c1-16(11-6-2-3-7-12(11)17)10-20-15(19)21(16)14-9-5-4-8-13(14)18/h2-9H,10H2,1H3,(H2,19,20). The van der Waals surface area contributed by atoms with E-state index in [0.29, 0.717) is 11.3 Å². The number of nitrogens with zero attached hydrogens (tertiary/aromatic N) is 2. The van der Waals surface area contributed by atoms with Gasteiger partial charge >= 0.3 is 0 Å². The first-order valence-corrected chi connectivity index (χ1v) is 6.64. The molecule has 0 radical (unpaired) electrons. The molecule has 0 aromatic heterocycles. The average molecular weight is 287 g/mol. The molecule has 1 aliphatic rings. The fourth-order valence-electron chi connectivity index (χ4n) is 2.76. The maximum Gasteiger partial charge on any atom is 0.196 e. The van der Waals surface area contributed by atoms with Crippen molar-refractivity contribution >= 4 is 11.6 Å². The van der Waals surface area contributed by atoms with Crippen LogP contribution < -0.4 is 10.6 Å². The Morgan fingerprint density at radius 1 is 1.05 bits per heavy atom. The second-order valence-corrected chi connectivity index (χ2v) is 5.21. The molecular weight excluding hydrogens is 272 g/mol. The maximum absolute atomic E-state index is 14.2. The van der Waals surface area contributed by atoms with Gasteiger partial charge < -0.3 is 5.73 Å². The van der Waals surface area contributed by atoms with Gasteiger partial charge in [0.2, 0.25) is 0 Å². The Morgan fingerprint density at radius 2 is 1.67 bits per heavy atom. The summed E-state index contributed by atoms with van der Waals surface area (Å²) in [4.78, 5) is 5.75. The highest BCUT2D eigenvalue weighted by atomic mass is 19.1. The molecule has 0 bridgehead atoms. The zero-order valence-corrected chi connectivity index (χ0v) is 11.6. The van der Waals surface area contributed by atoms with Crippen molar-refractivity contribution in [1.82, 2.24) is 0 Å². The van der Waals surface area contributed by atoms with Gasteiger partial charge in [-0.2, -0.15) is 0 Å². The van der Waals surface area contributed by atoms with Crippen LogP contribution in [0.1, 0.15) is 12.5 Å². The monoisotopic (exact) mass is 287 g/mol. The number of guanidine groups is 1. The quantitative estimate of drug-likeness (QED) is 0.922. The molecule has 1 heterocycles. The molecular formula is C16H15F2N3. The second kappa shape index (κ2) is 4.84. The lowest BCUT2D eigenvalue weighted by molar-refractivity contribution is 0.482. The summed E-state index contributed by atoms with van der Waals surface area (Å²) in [6, 6.07) is 12.7. The molecule has 21 heavy (non-hydrogen) atoms. The van der Waals surface area contributed by atoms with Gasteiger partial charge in [-0.25, -0.2) is 8.78 Å². The van der Waals surface area contributed by atoms with E-state index in [1.165, 1.54) is 12.1 Å². The van der Waals surface area contributed by atoms with Crippen LogP contribution in [0.5, 0.6) is 0 Å². The van der Waals surface area contributed by atoms with E-state index in [9.17, 15) is 8.78 Å². The summed E-state index contributed by atoms with van der Waals surface area (Å²) in [6.45, 7) is 2.08. The summed E-state index contributed by atoms with van der Waals surface area (Å²) in [5.41, 5.74) is 5.82. The maximum atomic E-state index is 14.2. The topological polar surface area (TPSA) is 41.6 Å². The third-order valence-electron chi connectivity index (χ3n) is 3.82. The van der Waals surface area contributed by atoms with E-state index in [4.69, 9.17) is 5.73 Å². The third-order valence-corrected chi connectivity index (χ3v) is 3.82. The Kier molecular flexibility index (Phi) is 3.12. The summed E-state index contributed by atoms with van der Waals surface area (Å²) in [6.07, 6.45) is 0. The highest BCUT2D eigenvalue weighted by molar-refractivity contribution is 5.98. The van der Waals surface area contributed by atoms with Crippen molar-refractivity contribution in [3.8, 4) is 0 Å². The highest BCUT2D eigenvalue weighted by Crippen LogP contribution is 2.38. The Bertz CT molecular complexity index is 714. The van der Waals surface area contributed by atoms with Crippen LogP contribution in [0, 0.1) is 11.6 Å². The molecule has 2 aromatic rings. The number of nitrogens with two attached hydrogens (primary N) is 1. The lowest BCUT2D eigenvalue weighted by Gasteiger charge is -2.36. The van der Waals surface area contributed by atoms with Crippen LogP contribution in [0.25, 0.3) is 0 Å². The van der Waals surface area contributed by atoms with Crippen LogP contribution in [-0.4, -0.2) is 12.5 Å². The number of hydrogen-bond donors (Lipinski definition) is 1. The Hall–Kier alpha value is -2.43. The van der Waals surface area contributed by atoms with E-state index >= 15 is 0 Å². The zero-order chi connectivity index (χ0) is 15.0. The summed E-state index contributed by atoms with van der Waals surface area (Å²) in [7, 11) is 0. The molecule has 3 nitrogen and oxygen atoms in total. The molecule has 2 N–H and O–H groups in total. The largest absolute Gasteiger partial charge is 0.369 e. The van der Waals surface area contributed by atoms with E-state index < -0.39 is 11.4 Å². The van der Waals surface area contributed by atoms with Crippen LogP contribution in [0.2, 0.25) is 0 Å². The first-order valence-electron chi connectivity index (χ1n) is 6.64. The van der Waals surface area contributed by atoms with Crippen molar-refractivity contribution in [1.29, 1.82) is 0 Å². The Balaban J connectivity index is 2.16. The number of anilines is 1. The van der Waals surface area contributed by atoms with Gasteiger partial charge in [0.05, 0.1) is 17.8 Å². The number of benzene rings is 2. The van der Waals surface area contributed by atoms with Gasteiger partial charge in [-0.1, -0.05) is 30.3 Å². The molecule has 0 spiro atoms. The number of hydrogen-bond acceptors (Lipinski definition) is 3. The minimum Gasteiger partial charge on any atom is -0.369 e. The van der Waals surface area contributed by atoms with Gasteiger partial charge in [-0.05, 0) is 25.1 Å². The van der Waals surface area contributed by atoms with Crippen molar-refractivity contribution in [3.05, 3.63) is 65.7 Å². The third kappa shape index (κ3) is 2.05. The molecule has 0 fully saturated rings. The van der Waals surface area contributed by atoms with Crippen molar-refractivity contribution in [2.24, 2.45) is 10.7 Å². The summed E-state index contributed by atoms with van der Waals surface area (Å²) >= 11 is 0. The Morgan fingerprint density at radius 3 is 2.33 bits per heavy atom. The van der Waals surface area contributed by atoms with Crippen molar-refractivity contribution in [2.45, 2.75) is 12.5 Å². The first kappa shape index (κ1) is 13.5. The fourth-order valence-corrected chi connectivity index (χ4v) is 2.76. The fraction of sp³-hybridized carbons (Fsp3) is 0.188. The van der Waals surface area contributed by atoms with Gasteiger partial charge in [0.1, 0.15) is 11.6 Å². The predicted octanol–water partition coefficient (Wildman–Crippen LogP) is 3.01. The summed E-state index contributed by atoms with van der Waals surface area (Å²) < 4.78 is 28.3. The molecule has 1 unspecified atom stereocenters. The Labute approximate surface area is 121 Å². The van der Waals surface area contributed by atoms with Gasteiger partial charge in [0.15, 0.2) is 5.96 Å². The number of aliphatic imine (C=N–C) groups is 1. The zero-order valence-electron chi connectivity index (χ0n) is 11.6. The predicted molar refractivity (Wildman–Crippen MR) is 79.1 cm³/mol. The van der Waals surface area contributed by atoms with Gasteiger partial charge in [-0.3, -0.25) is 9.89 Å². The van der Waals surface area contributed by atoms with E-state index in [1.807, 2.05) is 0 Å². The van der Waals surface area contributed by atoms with Gasteiger partial charge in [0.25, 0.3) is 0 Å². The normalized spacial score (nSPS) is 21.5. The van der Waals surface area contributed by atoms with Gasteiger partial charge in [0, 0.05) is 5.56 Å². The van der Waals surface area contributed by atoms with E-state index in [0.717, 1.165) is 0 Å². The lowest BCUT2D eigenvalue weighted by Crippen LogP contribution is -2.48. The van der Waals surface area contributed by atoms with Gasteiger partial charge in [-0.15, -0.1) is 0 Å². The van der Waals surface area contributed by atoms with E-state index in [-0.39, 0.29) is 18.3 Å². The molecule has 0 amide bonds. The van der Waals surface area contributed by atoms with Crippen LogP contribution in [-0.2, 0) is 5.54 Å². The molecule has 5 heteroatoms. The van der Waals surface area contributed by atoms with E-state index in [1.54, 1.807) is 48.2 Å². The van der Waals surface area contributed by atoms with Crippen LogP contribution >= 0.6 is 0 Å². The van der Waals surface area contributed by atoms with Crippen molar-refractivity contribution < 1.29 is 8.78 Å².